The van der Waals surface area contributed by atoms with E-state index in [-0.39, 0.29) is 89.2 Å². The third-order valence-electron chi connectivity index (χ3n) is 13.0. The molecule has 0 rings (SSSR count). The number of ether oxygens (including phenoxy) is 3. The minimum absolute atomic E-state index is 0.00560. The average molecular weight is 1920 g/mol. The number of esters is 3. The average Bonchev–Trinajstić information content (AvgIpc) is 0.928. The first-order valence-corrected chi connectivity index (χ1v) is 38.9. The van der Waals surface area contributed by atoms with Crippen LogP contribution in [0.4, 0.5) is 0 Å². The Hall–Kier alpha value is -12.6. The predicted octanol–water partition coefficient (Wildman–Crippen LogP) is -9.49. The van der Waals surface area contributed by atoms with Gasteiger partial charge in [0.15, 0.2) is 11.6 Å². The molecular weight excluding hydrogens is 1810 g/mol. The second kappa shape index (κ2) is 80.0. The standard InChI is InChI=1S/C8H13NO5.C8H11NO5.C8H13NO4S.C7H12N2O4.C7H11NO5.C7H11NO4S.C7H11NO4.C6H10N2O4.C6H9NO5.C6H9NO4S/c1-5(10)8(13)14-4-2-3-6(9)7(11)12;1-4(10)7(12)6(11)3-2-5(9)8(13)14;1-5(10)8(13)14-4-2-3-6(9)7(11)12;1-4(10)6(11)9-3-2-5(8)7(12)13;2*1-4(9)7(12)13-3-2-5(8)6(10)11;1-4(9)6(10)3-2-5(8)7(11)12;1-3(9)5(10)8-2-4(7)6(11)12;2*1-3(8)6(11)12-2-4(7)5(9)10/h6H,2-4,9H2,1H3,(H,11,12);5H,2-3,9H2,1H3,(H,13,14);6H,2-4,9H2,1H3,(H,11,12);5H,2-3,8H2,1H3,(H,9,11)(H,12,13);2*5H,2-3,8H2,1H3,(H,10,11);5H,2-3,8H2,1H3,(H,11,12);4H,2,7H2,1H3,(H,8,10)(H,11,12);2*4H,2,7H2,1H3,(H,9,10). The van der Waals surface area contributed by atoms with Crippen molar-refractivity contribution in [3.63, 3.8) is 0 Å². The maximum Gasteiger partial charge on any atom is 0.374 e. The summed E-state index contributed by atoms with van der Waals surface area (Å²) < 4.78 is 13.1. The number of hydrogen-bond donors (Lipinski definition) is 22. The van der Waals surface area contributed by atoms with Crippen LogP contribution in [-0.2, 0) is 163 Å². The minimum Gasteiger partial charge on any atom is -0.480 e. The summed E-state index contributed by atoms with van der Waals surface area (Å²) in [6, 6.07) is -10.7. The summed E-state index contributed by atoms with van der Waals surface area (Å²) >= 11 is 2.33. The lowest BCUT2D eigenvalue weighted by molar-refractivity contribution is -0.155. The van der Waals surface area contributed by atoms with Crippen LogP contribution in [0.1, 0.15) is 140 Å². The van der Waals surface area contributed by atoms with Crippen molar-refractivity contribution in [2.75, 3.05) is 50.2 Å². The molecule has 0 radical (unpaired) electrons. The highest BCUT2D eigenvalue weighted by Gasteiger charge is 2.24. The molecule has 0 heterocycles. The van der Waals surface area contributed by atoms with Gasteiger partial charge < -0.3 is 133 Å². The van der Waals surface area contributed by atoms with Crippen molar-refractivity contribution in [1.82, 2.24) is 10.6 Å². The molecule has 0 spiro atoms. The number of carboxylic acids is 10. The number of rotatable bonds is 50. The van der Waals surface area contributed by atoms with Crippen molar-refractivity contribution in [1.29, 1.82) is 0 Å². The van der Waals surface area contributed by atoms with E-state index in [1.807, 2.05) is 0 Å². The van der Waals surface area contributed by atoms with Crippen LogP contribution in [0.25, 0.3) is 0 Å². The summed E-state index contributed by atoms with van der Waals surface area (Å²) in [6.07, 6.45) is 1.09. The van der Waals surface area contributed by atoms with Crippen LogP contribution in [0.2, 0.25) is 0 Å². The van der Waals surface area contributed by atoms with Crippen LogP contribution in [0.5, 0.6) is 0 Å². The highest BCUT2D eigenvalue weighted by molar-refractivity contribution is 8.16. The maximum atomic E-state index is 10.9. The Morgan fingerprint density at radius 1 is 0.264 bits per heavy atom. The summed E-state index contributed by atoms with van der Waals surface area (Å²) in [4.78, 5) is 323. The second-order valence-corrected chi connectivity index (χ2v) is 27.7. The number of hydrogen-bond acceptors (Lipinski definition) is 47. The van der Waals surface area contributed by atoms with Gasteiger partial charge in [-0.3, -0.25) is 134 Å². The van der Waals surface area contributed by atoms with E-state index in [0.717, 1.165) is 78.9 Å². The lowest BCUT2D eigenvalue weighted by Crippen LogP contribution is -2.43. The molecule has 10 unspecified atom stereocenters. The van der Waals surface area contributed by atoms with Crippen molar-refractivity contribution in [2.45, 2.75) is 200 Å². The van der Waals surface area contributed by atoms with Gasteiger partial charge in [0, 0.05) is 119 Å². The first-order chi connectivity index (χ1) is 58.9. The molecule has 0 fully saturated rings. The van der Waals surface area contributed by atoms with Crippen molar-refractivity contribution in [3.8, 4) is 0 Å². The van der Waals surface area contributed by atoms with Crippen molar-refractivity contribution >= 4 is 215 Å². The van der Waals surface area contributed by atoms with Crippen LogP contribution in [0.3, 0.4) is 0 Å². The van der Waals surface area contributed by atoms with Gasteiger partial charge in [-0.15, -0.1) is 0 Å². The molecule has 0 aromatic carbocycles. The van der Waals surface area contributed by atoms with E-state index in [2.05, 4.69) is 24.8 Å². The Morgan fingerprint density at radius 3 is 0.891 bits per heavy atom. The molecule has 0 saturated heterocycles. The van der Waals surface area contributed by atoms with Crippen LogP contribution >= 0.6 is 35.3 Å². The van der Waals surface area contributed by atoms with E-state index in [0.29, 0.717) is 36.8 Å². The molecule has 0 bridgehead atoms. The number of carbonyl (C=O) groups is 31. The molecule has 0 aromatic heterocycles. The summed E-state index contributed by atoms with van der Waals surface area (Å²) in [5.41, 5.74) is 51.1. The van der Waals surface area contributed by atoms with Gasteiger partial charge in [-0.2, -0.15) is 0 Å². The van der Waals surface area contributed by atoms with Crippen molar-refractivity contribution in [3.05, 3.63) is 0 Å². The third-order valence-corrected chi connectivity index (χ3v) is 16.1. The molecule has 59 heteroatoms. The van der Waals surface area contributed by atoms with E-state index < -0.39 is 247 Å². The molecule has 10 atom stereocenters. The van der Waals surface area contributed by atoms with Gasteiger partial charge in [-0.05, 0) is 51.4 Å². The SMILES string of the molecule is CC(=O)C(=O)C(=O)CCC(N)C(=O)O.CC(=O)C(=O)CCC(N)C(=O)O.CC(=O)C(=O)NCC(N)C(=O)O.CC(=O)C(=O)NCCC(N)C(=O)O.CC(=O)C(=O)OCC(N)C(=O)O.CC(=O)C(=O)OCCC(N)C(=O)O.CC(=O)C(=O)OCCCC(N)C(=O)O.CC(=O)C(=O)SCC(N)C(=O)O.CC(=O)C(=O)SCCC(N)C(=O)O.CC(=O)C(=O)SCCCC(N)C(=O)O. The summed E-state index contributed by atoms with van der Waals surface area (Å²) in [7, 11) is 0. The van der Waals surface area contributed by atoms with Gasteiger partial charge in [-0.1, -0.05) is 35.3 Å². The topological polar surface area (TPSA) is 1040 Å². The highest BCUT2D eigenvalue weighted by Crippen LogP contribution is 2.09. The summed E-state index contributed by atoms with van der Waals surface area (Å²) in [5, 5.41) is 85.9. The number of carboxylic acid groups (broad SMARTS) is 10. The summed E-state index contributed by atoms with van der Waals surface area (Å²) in [6.45, 7) is 10.3. The van der Waals surface area contributed by atoms with Gasteiger partial charge in [0.25, 0.3) is 32.9 Å². The smallest absolute Gasteiger partial charge is 0.374 e. The van der Waals surface area contributed by atoms with Gasteiger partial charge >= 0.3 is 77.6 Å². The quantitative estimate of drug-likeness (QED) is 0.00884. The Labute approximate surface area is 744 Å². The van der Waals surface area contributed by atoms with E-state index in [1.54, 1.807) is 0 Å². The Kier molecular flexibility index (Phi) is 84.9. The lowest BCUT2D eigenvalue weighted by Gasteiger charge is -2.05. The van der Waals surface area contributed by atoms with Crippen LogP contribution in [0, 0.1) is 0 Å². The van der Waals surface area contributed by atoms with Gasteiger partial charge in [0.05, 0.1) is 13.2 Å². The van der Waals surface area contributed by atoms with Crippen LogP contribution in [-0.4, -0.2) is 342 Å². The lowest BCUT2D eigenvalue weighted by atomic mass is 10.1. The number of nitrogens with two attached hydrogens (primary N) is 10. The molecule has 2 amide bonds. The normalized spacial score (nSPS) is 12.0. The largest absolute Gasteiger partial charge is 0.480 e. The van der Waals surface area contributed by atoms with E-state index in [9.17, 15) is 149 Å². The fourth-order valence-corrected chi connectivity index (χ4v) is 7.52. The van der Waals surface area contributed by atoms with Crippen molar-refractivity contribution < 1.29 is 214 Å². The molecule has 732 valence electrons. The van der Waals surface area contributed by atoms with E-state index >= 15 is 0 Å². The highest BCUT2D eigenvalue weighted by atomic mass is 32.2. The number of carbonyl (C=O) groups excluding carboxylic acids is 21. The maximum absolute atomic E-state index is 10.9. The number of thioether (sulfide) groups is 3. The number of nitrogens with one attached hydrogen (secondary N) is 2. The molecular formula is C70H110N12O44S3. The van der Waals surface area contributed by atoms with Crippen LogP contribution in [0.15, 0.2) is 0 Å². The number of amides is 2. The Morgan fingerprint density at radius 2 is 0.558 bits per heavy atom. The number of Topliss-reactive ketones (excluding diaryl/α,β-unsaturated/α-hetero) is 13. The Bertz CT molecular complexity index is 3570. The molecule has 0 aliphatic carbocycles. The number of aliphatic carboxylic acids is 10. The van der Waals surface area contributed by atoms with Crippen molar-refractivity contribution in [2.24, 2.45) is 57.3 Å². The molecule has 129 heavy (non-hydrogen) atoms. The fourth-order valence-electron chi connectivity index (χ4n) is 5.38. The first-order valence-electron chi connectivity index (χ1n) is 36.0. The zero-order valence-electron chi connectivity index (χ0n) is 71.1. The zero-order chi connectivity index (χ0) is 104. The first kappa shape index (κ1) is 137. The molecule has 0 aliphatic heterocycles. The molecule has 0 saturated carbocycles. The van der Waals surface area contributed by atoms with Gasteiger partial charge in [0.1, 0.15) is 67.0 Å². The molecule has 32 N–H and O–H groups in total. The van der Waals surface area contributed by atoms with E-state index in [4.69, 9.17) is 108 Å². The molecule has 56 nitrogen and oxygen atoms in total. The third kappa shape index (κ3) is 90.0. The van der Waals surface area contributed by atoms with Gasteiger partial charge in [-0.25, -0.2) is 14.4 Å². The Balaban J connectivity index is -0.000000153. The van der Waals surface area contributed by atoms with Gasteiger partial charge in [0.2, 0.25) is 57.8 Å². The fraction of sp³-hybridized carbons (Fsp3) is 0.557. The van der Waals surface area contributed by atoms with Crippen LogP contribution < -0.4 is 68.0 Å². The van der Waals surface area contributed by atoms with E-state index in [1.165, 1.54) is 13.8 Å². The second-order valence-electron chi connectivity index (χ2n) is 24.6. The zero-order valence-corrected chi connectivity index (χ0v) is 73.5. The summed E-state index contributed by atoms with van der Waals surface area (Å²) in [5.74, 6) is -24.6. The number of ketones is 13. The molecule has 0 aliphatic rings. The molecule has 0 aromatic rings. The predicted molar refractivity (Wildman–Crippen MR) is 440 cm³/mol. The minimum atomic E-state index is -1.29. The monoisotopic (exact) mass is 1920 g/mol.